The first-order valence-corrected chi connectivity index (χ1v) is 12.7. The zero-order chi connectivity index (χ0) is 24.5. The van der Waals surface area contributed by atoms with Crippen molar-refractivity contribution in [2.24, 2.45) is 5.92 Å². The van der Waals surface area contributed by atoms with E-state index >= 15 is 0 Å². The molecular weight excluding hydrogens is 442 g/mol. The molecule has 3 amide bonds. The summed E-state index contributed by atoms with van der Waals surface area (Å²) in [5, 5.41) is 5.04. The largest absolute Gasteiger partial charge is 0.332 e. The third kappa shape index (κ3) is 7.45. The van der Waals surface area contributed by atoms with Crippen LogP contribution < -0.4 is 5.32 Å². The molecule has 0 saturated heterocycles. The lowest BCUT2D eigenvalue weighted by molar-refractivity contribution is -0.133. The molecule has 5 nitrogen and oxygen atoms in total. The Morgan fingerprint density at radius 3 is 2.32 bits per heavy atom. The van der Waals surface area contributed by atoms with Crippen LogP contribution in [-0.4, -0.2) is 34.8 Å². The molecule has 1 N–H and O–H groups in total. The number of anilines is 1. The molecule has 180 valence electrons. The molecule has 2 aromatic carbocycles. The molecule has 0 bridgehead atoms. The Hall–Kier alpha value is -3.12. The Morgan fingerprint density at radius 1 is 0.941 bits per heavy atom. The van der Waals surface area contributed by atoms with Crippen LogP contribution in [0.5, 0.6) is 0 Å². The summed E-state index contributed by atoms with van der Waals surface area (Å²) in [6, 6.07) is 19.7. The first-order valence-electron chi connectivity index (χ1n) is 11.8. The fourth-order valence-corrected chi connectivity index (χ4v) is 4.69. The third-order valence-electron chi connectivity index (χ3n) is 5.66. The molecule has 0 radical (unpaired) electrons. The number of carbonyl (C=O) groups excluding carboxylic acids is 2. The molecule has 0 saturated carbocycles. The Balaban J connectivity index is 1.77. The van der Waals surface area contributed by atoms with Crippen LogP contribution in [-0.2, 0) is 24.3 Å². The molecule has 1 heterocycles. The molecular formula is C28H35N3O2S. The van der Waals surface area contributed by atoms with E-state index in [1.165, 1.54) is 10.4 Å². The van der Waals surface area contributed by atoms with Crippen LogP contribution in [0.2, 0.25) is 0 Å². The summed E-state index contributed by atoms with van der Waals surface area (Å²) in [7, 11) is 0. The van der Waals surface area contributed by atoms with E-state index in [1.807, 2.05) is 59.5 Å². The van der Waals surface area contributed by atoms with E-state index in [0.29, 0.717) is 19.6 Å². The molecule has 0 aliphatic heterocycles. The number of amides is 3. The lowest BCUT2D eigenvalue weighted by atomic mass is 10.1. The van der Waals surface area contributed by atoms with Crippen molar-refractivity contribution in [2.45, 2.75) is 47.2 Å². The summed E-state index contributed by atoms with van der Waals surface area (Å²) in [4.78, 5) is 31.4. The van der Waals surface area contributed by atoms with E-state index in [2.05, 4.69) is 44.5 Å². The predicted octanol–water partition coefficient (Wildman–Crippen LogP) is 6.34. The van der Waals surface area contributed by atoms with Crippen LogP contribution in [0.3, 0.4) is 0 Å². The standard InChI is InChI=1S/C28H35N3O2S/c1-5-23-12-9-13-25(16-23)29-28(33)31(17-21(2)3)20-27(32)30(18-24-10-7-6-8-11-24)19-26-22(4)14-15-34-26/h6-16,21H,5,17-20H2,1-4H3,(H,29,33). The van der Waals surface area contributed by atoms with Crippen molar-refractivity contribution >= 4 is 29.0 Å². The van der Waals surface area contributed by atoms with Gasteiger partial charge in [-0.2, -0.15) is 0 Å². The first-order chi connectivity index (χ1) is 16.4. The predicted molar refractivity (Wildman–Crippen MR) is 141 cm³/mol. The summed E-state index contributed by atoms with van der Waals surface area (Å²) in [5.74, 6) is 0.178. The topological polar surface area (TPSA) is 52.7 Å². The number of nitrogens with zero attached hydrogens (tertiary/aromatic N) is 2. The second kappa shape index (κ2) is 12.4. The van der Waals surface area contributed by atoms with Crippen molar-refractivity contribution in [1.29, 1.82) is 0 Å². The Kier molecular flexibility index (Phi) is 9.28. The molecule has 34 heavy (non-hydrogen) atoms. The van der Waals surface area contributed by atoms with Crippen LogP contribution in [0.4, 0.5) is 10.5 Å². The highest BCUT2D eigenvalue weighted by Gasteiger charge is 2.23. The SMILES string of the molecule is CCc1cccc(NC(=O)N(CC(=O)N(Cc2ccccc2)Cc2sccc2C)CC(C)C)c1. The number of aryl methyl sites for hydroxylation is 2. The number of thiophene rings is 1. The van der Waals surface area contributed by atoms with Crippen molar-refractivity contribution in [3.63, 3.8) is 0 Å². The summed E-state index contributed by atoms with van der Waals surface area (Å²) in [5.41, 5.74) is 4.16. The highest BCUT2D eigenvalue weighted by atomic mass is 32.1. The van der Waals surface area contributed by atoms with E-state index in [0.717, 1.165) is 23.2 Å². The van der Waals surface area contributed by atoms with Gasteiger partial charge >= 0.3 is 6.03 Å². The lowest BCUT2D eigenvalue weighted by Gasteiger charge is -2.29. The number of benzene rings is 2. The van der Waals surface area contributed by atoms with Crippen LogP contribution in [0.1, 0.15) is 42.3 Å². The highest BCUT2D eigenvalue weighted by molar-refractivity contribution is 7.10. The molecule has 0 aliphatic rings. The zero-order valence-electron chi connectivity index (χ0n) is 20.6. The number of nitrogens with one attached hydrogen (secondary N) is 1. The monoisotopic (exact) mass is 477 g/mol. The molecule has 0 atom stereocenters. The van der Waals surface area contributed by atoms with Gasteiger partial charge in [0, 0.05) is 23.7 Å². The van der Waals surface area contributed by atoms with Gasteiger partial charge in [0.05, 0.1) is 6.54 Å². The summed E-state index contributed by atoms with van der Waals surface area (Å²) >= 11 is 1.66. The third-order valence-corrected chi connectivity index (χ3v) is 6.66. The minimum Gasteiger partial charge on any atom is -0.332 e. The minimum atomic E-state index is -0.248. The van der Waals surface area contributed by atoms with E-state index in [4.69, 9.17) is 0 Å². The number of urea groups is 1. The van der Waals surface area contributed by atoms with Crippen LogP contribution >= 0.6 is 11.3 Å². The second-order valence-corrected chi connectivity index (χ2v) is 10.0. The van der Waals surface area contributed by atoms with Crippen molar-refractivity contribution in [2.75, 3.05) is 18.4 Å². The molecule has 1 aromatic heterocycles. The second-order valence-electron chi connectivity index (χ2n) is 9.02. The van der Waals surface area contributed by atoms with E-state index in [1.54, 1.807) is 16.2 Å². The zero-order valence-corrected chi connectivity index (χ0v) is 21.4. The van der Waals surface area contributed by atoms with Crippen molar-refractivity contribution in [1.82, 2.24) is 9.80 Å². The number of rotatable bonds is 10. The Labute approximate surface area is 207 Å². The van der Waals surface area contributed by atoms with E-state index < -0.39 is 0 Å². The normalized spacial score (nSPS) is 10.9. The Bertz CT molecular complexity index is 1080. The van der Waals surface area contributed by atoms with Crippen molar-refractivity contribution < 1.29 is 9.59 Å². The van der Waals surface area contributed by atoms with Gasteiger partial charge in [-0.05, 0) is 59.5 Å². The average molecular weight is 478 g/mol. The summed E-state index contributed by atoms with van der Waals surface area (Å²) < 4.78 is 0. The smallest absolute Gasteiger partial charge is 0.322 e. The number of hydrogen-bond donors (Lipinski definition) is 1. The molecule has 0 unspecified atom stereocenters. The first kappa shape index (κ1) is 25.5. The maximum absolute atomic E-state index is 13.5. The Morgan fingerprint density at radius 2 is 1.68 bits per heavy atom. The molecule has 0 fully saturated rings. The van der Waals surface area contributed by atoms with Crippen LogP contribution in [0.25, 0.3) is 0 Å². The van der Waals surface area contributed by atoms with Gasteiger partial charge in [-0.1, -0.05) is 63.2 Å². The number of hydrogen-bond acceptors (Lipinski definition) is 3. The van der Waals surface area contributed by atoms with Gasteiger partial charge in [0.15, 0.2) is 0 Å². The maximum atomic E-state index is 13.5. The molecule has 0 aliphatic carbocycles. The quantitative estimate of drug-likeness (QED) is 0.370. The molecule has 3 aromatic rings. The molecule has 6 heteroatoms. The molecule has 0 spiro atoms. The summed E-state index contributed by atoms with van der Waals surface area (Å²) in [6.07, 6.45) is 0.897. The fourth-order valence-electron chi connectivity index (χ4n) is 3.77. The van der Waals surface area contributed by atoms with Crippen molar-refractivity contribution in [3.05, 3.63) is 87.6 Å². The van der Waals surface area contributed by atoms with Gasteiger partial charge < -0.3 is 15.1 Å². The maximum Gasteiger partial charge on any atom is 0.322 e. The van der Waals surface area contributed by atoms with E-state index in [9.17, 15) is 9.59 Å². The van der Waals surface area contributed by atoms with Gasteiger partial charge in [0.2, 0.25) is 5.91 Å². The van der Waals surface area contributed by atoms with Gasteiger partial charge in [-0.3, -0.25) is 4.79 Å². The van der Waals surface area contributed by atoms with E-state index in [-0.39, 0.29) is 24.4 Å². The van der Waals surface area contributed by atoms with Crippen LogP contribution in [0, 0.1) is 12.8 Å². The van der Waals surface area contributed by atoms with Gasteiger partial charge in [0.1, 0.15) is 6.54 Å². The number of carbonyl (C=O) groups is 2. The molecule has 3 rings (SSSR count). The lowest BCUT2D eigenvalue weighted by Crippen LogP contribution is -2.45. The van der Waals surface area contributed by atoms with Crippen LogP contribution in [0.15, 0.2) is 66.0 Å². The van der Waals surface area contributed by atoms with Gasteiger partial charge in [0.25, 0.3) is 0 Å². The minimum absolute atomic E-state index is 0.0364. The highest BCUT2D eigenvalue weighted by Crippen LogP contribution is 2.20. The average Bonchev–Trinajstić information content (AvgIpc) is 3.23. The summed E-state index contributed by atoms with van der Waals surface area (Å²) in [6.45, 7) is 9.84. The fraction of sp³-hybridized carbons (Fsp3) is 0.357. The van der Waals surface area contributed by atoms with Gasteiger partial charge in [-0.25, -0.2) is 4.79 Å². The van der Waals surface area contributed by atoms with Crippen molar-refractivity contribution in [3.8, 4) is 0 Å². The van der Waals surface area contributed by atoms with Gasteiger partial charge in [-0.15, -0.1) is 11.3 Å².